The van der Waals surface area contributed by atoms with Crippen LogP contribution in [0.5, 0.6) is 0 Å². The molecule has 1 aliphatic carbocycles. The first kappa shape index (κ1) is 22.8. The molecule has 2 aromatic carbocycles. The minimum absolute atomic E-state index is 0.128. The van der Waals surface area contributed by atoms with Crippen LogP contribution in [0, 0.1) is 22.7 Å². The molecule has 8 heteroatoms. The molecule has 1 heterocycles. The number of methoxy groups -OCH3 is 2. The average Bonchev–Trinajstić information content (AvgIpc) is 3.27. The number of fused-ring (bicyclic) bond motifs is 1. The number of ether oxygens (including phenoxy) is 3. The third kappa shape index (κ3) is 3.07. The highest BCUT2D eigenvalue weighted by atomic mass is 16.6. The van der Waals surface area contributed by atoms with Crippen molar-refractivity contribution in [2.24, 2.45) is 4.99 Å². The number of hydrogen-bond acceptors (Lipinski definition) is 8. The van der Waals surface area contributed by atoms with Crippen LogP contribution in [0.15, 0.2) is 58.1 Å². The van der Waals surface area contributed by atoms with Gasteiger partial charge in [-0.1, -0.05) is 36.4 Å². The minimum Gasteiger partial charge on any atom is -0.466 e. The first-order chi connectivity index (χ1) is 16.1. The van der Waals surface area contributed by atoms with E-state index in [9.17, 15) is 20.1 Å². The fraction of sp³-hybridized carbons (Fsp3) is 0.269. The lowest BCUT2D eigenvalue weighted by molar-refractivity contribution is -0.139. The first-order valence-electron chi connectivity index (χ1n) is 10.4. The summed E-state index contributed by atoms with van der Waals surface area (Å²) in [5, 5.41) is 21.3. The molecule has 1 aliphatic heterocycles. The van der Waals surface area contributed by atoms with Crippen molar-refractivity contribution in [1.29, 1.82) is 10.5 Å². The van der Waals surface area contributed by atoms with Crippen LogP contribution in [-0.4, -0.2) is 37.6 Å². The highest BCUT2D eigenvalue weighted by Crippen LogP contribution is 2.59. The summed E-state index contributed by atoms with van der Waals surface area (Å²) in [5.41, 5.74) is -1.95. The molecule has 0 saturated carbocycles. The number of nitriles is 2. The van der Waals surface area contributed by atoms with E-state index in [1.165, 1.54) is 14.2 Å². The number of benzene rings is 2. The number of aliphatic imine (C=N–C) groups is 1. The molecule has 34 heavy (non-hydrogen) atoms. The summed E-state index contributed by atoms with van der Waals surface area (Å²) < 4.78 is 16.5. The molecule has 0 fully saturated rings. The Kier molecular flexibility index (Phi) is 5.26. The van der Waals surface area contributed by atoms with Gasteiger partial charge in [0.05, 0.1) is 19.8 Å². The highest BCUT2D eigenvalue weighted by Gasteiger charge is 2.61. The number of esters is 2. The Morgan fingerprint density at radius 3 is 2.18 bits per heavy atom. The van der Waals surface area contributed by atoms with E-state index < -0.39 is 23.1 Å². The minimum atomic E-state index is -1.80. The van der Waals surface area contributed by atoms with Gasteiger partial charge in [-0.05, 0) is 37.1 Å². The molecular formula is C26H21N3O5. The maximum atomic E-state index is 13.3. The molecule has 170 valence electrons. The molecule has 1 atom stereocenters. The number of nitrogens with zero attached hydrogens (tertiary/aromatic N) is 3. The van der Waals surface area contributed by atoms with Gasteiger partial charge in [-0.2, -0.15) is 10.5 Å². The second-order valence-corrected chi connectivity index (χ2v) is 8.79. The van der Waals surface area contributed by atoms with E-state index in [0.29, 0.717) is 16.5 Å². The van der Waals surface area contributed by atoms with Gasteiger partial charge in [0.15, 0.2) is 5.60 Å². The van der Waals surface area contributed by atoms with E-state index in [0.717, 1.165) is 5.39 Å². The summed E-state index contributed by atoms with van der Waals surface area (Å²) >= 11 is 0. The first-order valence-corrected chi connectivity index (χ1v) is 10.4. The van der Waals surface area contributed by atoms with Crippen LogP contribution in [0.25, 0.3) is 16.3 Å². The number of carbonyl (C=O) groups excluding carboxylic acids is 2. The quantitative estimate of drug-likeness (QED) is 0.500. The molecule has 0 amide bonds. The zero-order valence-corrected chi connectivity index (χ0v) is 19.3. The van der Waals surface area contributed by atoms with Gasteiger partial charge in [0.25, 0.3) is 0 Å². The van der Waals surface area contributed by atoms with E-state index in [-0.39, 0.29) is 28.2 Å². The normalized spacial score (nSPS) is 19.7. The smallest absolute Gasteiger partial charge is 0.344 e. The second-order valence-electron chi connectivity index (χ2n) is 8.79. The lowest BCUT2D eigenvalue weighted by Crippen LogP contribution is -2.33. The standard InChI is InChI=1S/C26H21N3O5/c1-25(2,3)29-22-19(23(30)32-4)21(24(31)33-5)26(34-22)17-11-7-9-14-8-6-10-16(18(14)17)20(26)15(12-27)13-28/h6-11H,1-5H3/t26-/m0/s1. The van der Waals surface area contributed by atoms with E-state index in [2.05, 4.69) is 4.99 Å². The largest absolute Gasteiger partial charge is 0.466 e. The number of hydrogen-bond donors (Lipinski definition) is 0. The Hall–Kier alpha value is -4.43. The molecule has 0 unspecified atom stereocenters. The third-order valence-electron chi connectivity index (χ3n) is 5.66. The molecule has 0 N–H and O–H groups in total. The van der Waals surface area contributed by atoms with Crippen molar-refractivity contribution < 1.29 is 23.8 Å². The van der Waals surface area contributed by atoms with Gasteiger partial charge in [-0.25, -0.2) is 14.6 Å². The fourth-order valence-corrected chi connectivity index (χ4v) is 4.53. The number of rotatable bonds is 2. The van der Waals surface area contributed by atoms with Crippen molar-refractivity contribution in [1.82, 2.24) is 0 Å². The molecule has 2 aromatic rings. The number of carbonyl (C=O) groups is 2. The van der Waals surface area contributed by atoms with Gasteiger partial charge in [0.1, 0.15) is 28.9 Å². The van der Waals surface area contributed by atoms with E-state index >= 15 is 0 Å². The molecule has 0 radical (unpaired) electrons. The summed E-state index contributed by atoms with van der Waals surface area (Å²) in [6, 6.07) is 14.7. The topological polar surface area (TPSA) is 122 Å². The van der Waals surface area contributed by atoms with Crippen molar-refractivity contribution in [2.75, 3.05) is 14.2 Å². The Labute approximate surface area is 196 Å². The van der Waals surface area contributed by atoms with Crippen molar-refractivity contribution in [2.45, 2.75) is 31.9 Å². The van der Waals surface area contributed by atoms with E-state index in [4.69, 9.17) is 14.2 Å². The third-order valence-corrected chi connectivity index (χ3v) is 5.66. The van der Waals surface area contributed by atoms with Crippen molar-refractivity contribution in [3.8, 4) is 12.1 Å². The molecule has 1 spiro atoms. The Bertz CT molecular complexity index is 1420. The lowest BCUT2D eigenvalue weighted by Gasteiger charge is -2.29. The van der Waals surface area contributed by atoms with Gasteiger partial charge in [0, 0.05) is 11.1 Å². The molecule has 0 saturated heterocycles. The maximum absolute atomic E-state index is 13.3. The van der Waals surface area contributed by atoms with Crippen LogP contribution in [0.2, 0.25) is 0 Å². The van der Waals surface area contributed by atoms with Gasteiger partial charge < -0.3 is 14.2 Å². The molecule has 8 nitrogen and oxygen atoms in total. The van der Waals surface area contributed by atoms with Crippen LogP contribution < -0.4 is 0 Å². The predicted octanol–water partition coefficient (Wildman–Crippen LogP) is 3.72. The zero-order chi connectivity index (χ0) is 24.8. The lowest BCUT2D eigenvalue weighted by atomic mass is 9.80. The molecule has 4 rings (SSSR count). The summed E-state index contributed by atoms with van der Waals surface area (Å²) in [6.07, 6.45) is 0. The Morgan fingerprint density at radius 1 is 1.00 bits per heavy atom. The van der Waals surface area contributed by atoms with Crippen molar-refractivity contribution in [3.63, 3.8) is 0 Å². The van der Waals surface area contributed by atoms with Crippen LogP contribution in [0.1, 0.15) is 31.9 Å². The SMILES string of the molecule is COC(=O)C1=C(C(=O)OC)[C@@]2(OC1=NC(C)(C)C)C(=C(C#N)C#N)c1cccc3cccc2c13. The monoisotopic (exact) mass is 455 g/mol. The molecular weight excluding hydrogens is 434 g/mol. The number of allylic oxidation sites excluding steroid dienone is 1. The molecule has 2 aliphatic rings. The highest BCUT2D eigenvalue weighted by molar-refractivity contribution is 6.27. The summed E-state index contributed by atoms with van der Waals surface area (Å²) in [6.45, 7) is 5.41. The predicted molar refractivity (Wildman–Crippen MR) is 123 cm³/mol. The Morgan fingerprint density at radius 2 is 1.62 bits per heavy atom. The molecule has 0 bridgehead atoms. The van der Waals surface area contributed by atoms with Gasteiger partial charge >= 0.3 is 11.9 Å². The summed E-state index contributed by atoms with van der Waals surface area (Å²) in [7, 11) is 2.36. The van der Waals surface area contributed by atoms with Crippen LogP contribution in [0.4, 0.5) is 0 Å². The van der Waals surface area contributed by atoms with E-state index in [1.54, 1.807) is 45.0 Å². The summed E-state index contributed by atoms with van der Waals surface area (Å²) in [4.78, 5) is 30.9. The van der Waals surface area contributed by atoms with Gasteiger partial charge in [-0.3, -0.25) is 0 Å². The maximum Gasteiger partial charge on any atom is 0.344 e. The van der Waals surface area contributed by atoms with Crippen molar-refractivity contribution in [3.05, 3.63) is 64.2 Å². The fourth-order valence-electron chi connectivity index (χ4n) is 4.53. The summed E-state index contributed by atoms with van der Waals surface area (Å²) in [5.74, 6) is -1.84. The van der Waals surface area contributed by atoms with Gasteiger partial charge in [0.2, 0.25) is 5.90 Å². The Balaban J connectivity index is 2.27. The molecule has 0 aromatic heterocycles. The van der Waals surface area contributed by atoms with Crippen LogP contribution in [-0.2, 0) is 29.4 Å². The zero-order valence-electron chi connectivity index (χ0n) is 19.3. The average molecular weight is 455 g/mol. The van der Waals surface area contributed by atoms with E-state index in [1.807, 2.05) is 24.3 Å². The second kappa shape index (κ2) is 7.86. The van der Waals surface area contributed by atoms with Crippen molar-refractivity contribution >= 4 is 34.2 Å². The van der Waals surface area contributed by atoms with Gasteiger partial charge in [-0.15, -0.1) is 0 Å². The van der Waals surface area contributed by atoms with Crippen LogP contribution in [0.3, 0.4) is 0 Å². The van der Waals surface area contributed by atoms with Crippen LogP contribution >= 0.6 is 0 Å².